The van der Waals surface area contributed by atoms with Gasteiger partial charge in [-0.15, -0.1) is 9.24 Å². The van der Waals surface area contributed by atoms with Crippen molar-refractivity contribution >= 4 is 20.2 Å². The molecule has 2 aromatic carbocycles. The number of nitrogen functional groups attached to an aromatic ring is 1. The van der Waals surface area contributed by atoms with Crippen molar-refractivity contribution in [3.63, 3.8) is 0 Å². The van der Waals surface area contributed by atoms with Gasteiger partial charge in [-0.3, -0.25) is 5.84 Å². The first-order valence-corrected chi connectivity index (χ1v) is 5.88. The van der Waals surface area contributed by atoms with Gasteiger partial charge in [-0.25, -0.2) is 0 Å². The van der Waals surface area contributed by atoms with E-state index in [1.54, 1.807) is 0 Å². The van der Waals surface area contributed by atoms with Crippen molar-refractivity contribution in [2.75, 3.05) is 5.43 Å². The van der Waals surface area contributed by atoms with Crippen LogP contribution in [-0.4, -0.2) is 0 Å². The number of para-hydroxylation sites is 1. The molecule has 3 nitrogen and oxygen atoms in total. The fourth-order valence-electron chi connectivity index (χ4n) is 1.56. The van der Waals surface area contributed by atoms with E-state index in [2.05, 4.69) is 14.7 Å². The Labute approximate surface area is 103 Å². The van der Waals surface area contributed by atoms with E-state index >= 15 is 0 Å². The van der Waals surface area contributed by atoms with Crippen LogP contribution in [0, 0.1) is 6.92 Å². The first-order chi connectivity index (χ1) is 8.20. The lowest BCUT2D eigenvalue weighted by Crippen LogP contribution is -2.08. The highest BCUT2D eigenvalue weighted by atomic mass is 31.0. The summed E-state index contributed by atoms with van der Waals surface area (Å²) >= 11 is 0. The minimum atomic E-state index is 0.802. The van der Waals surface area contributed by atoms with E-state index in [-0.39, 0.29) is 0 Å². The third kappa shape index (κ3) is 2.76. The Morgan fingerprint density at radius 3 is 2.59 bits per heavy atom. The maximum Gasteiger partial charge on any atom is 0.134 e. The predicted octanol–water partition coefficient (Wildman–Crippen LogP) is 2.57. The van der Waals surface area contributed by atoms with E-state index in [1.807, 2.05) is 49.4 Å². The van der Waals surface area contributed by atoms with Crippen LogP contribution in [0.5, 0.6) is 11.5 Å². The van der Waals surface area contributed by atoms with Crippen LogP contribution in [0.25, 0.3) is 0 Å². The molecule has 0 saturated heterocycles. The highest BCUT2D eigenvalue weighted by molar-refractivity contribution is 7.27. The summed E-state index contributed by atoms with van der Waals surface area (Å²) < 4.78 is 5.80. The van der Waals surface area contributed by atoms with Crippen LogP contribution in [0.15, 0.2) is 42.5 Å². The van der Waals surface area contributed by atoms with Gasteiger partial charge < -0.3 is 10.2 Å². The zero-order chi connectivity index (χ0) is 12.3. The summed E-state index contributed by atoms with van der Waals surface area (Å²) in [5.41, 5.74) is 4.59. The number of anilines is 1. The molecule has 0 aliphatic rings. The van der Waals surface area contributed by atoms with Crippen LogP contribution in [0.2, 0.25) is 0 Å². The number of nitrogens with one attached hydrogen (secondary N) is 1. The van der Waals surface area contributed by atoms with Crippen molar-refractivity contribution in [2.24, 2.45) is 5.84 Å². The molecule has 0 amide bonds. The second kappa shape index (κ2) is 5.17. The number of hydrazine groups is 1. The Balaban J connectivity index is 2.25. The van der Waals surface area contributed by atoms with E-state index in [0.29, 0.717) is 0 Å². The average molecular weight is 246 g/mol. The van der Waals surface area contributed by atoms with E-state index in [9.17, 15) is 0 Å². The molecule has 0 radical (unpaired) electrons. The highest BCUT2D eigenvalue weighted by Crippen LogP contribution is 2.25. The van der Waals surface area contributed by atoms with Gasteiger partial charge in [-0.05, 0) is 36.8 Å². The topological polar surface area (TPSA) is 47.3 Å². The Hall–Kier alpha value is -1.57. The molecule has 0 spiro atoms. The molecule has 1 unspecified atom stereocenters. The first-order valence-electron chi connectivity index (χ1n) is 5.30. The second-order valence-electron chi connectivity index (χ2n) is 3.76. The molecule has 88 valence electrons. The molecule has 2 aromatic rings. The highest BCUT2D eigenvalue weighted by Gasteiger charge is 2.02. The monoisotopic (exact) mass is 246 g/mol. The molecule has 0 saturated carbocycles. The van der Waals surface area contributed by atoms with Crippen molar-refractivity contribution in [1.29, 1.82) is 0 Å². The molecular formula is C13H15N2OP. The quantitative estimate of drug-likeness (QED) is 0.497. The van der Waals surface area contributed by atoms with Crippen LogP contribution in [0.4, 0.5) is 5.69 Å². The molecule has 0 fully saturated rings. The third-order valence-corrected chi connectivity index (χ3v) is 2.98. The van der Waals surface area contributed by atoms with Gasteiger partial charge in [-0.1, -0.05) is 18.2 Å². The molecular weight excluding hydrogens is 231 g/mol. The molecule has 17 heavy (non-hydrogen) atoms. The van der Waals surface area contributed by atoms with E-state index < -0.39 is 0 Å². The van der Waals surface area contributed by atoms with Gasteiger partial charge in [0.25, 0.3) is 0 Å². The number of benzene rings is 2. The molecule has 3 N–H and O–H groups in total. The summed E-state index contributed by atoms with van der Waals surface area (Å²) in [6, 6.07) is 13.6. The lowest BCUT2D eigenvalue weighted by molar-refractivity contribution is 0.486. The van der Waals surface area contributed by atoms with Crippen molar-refractivity contribution in [1.82, 2.24) is 0 Å². The van der Waals surface area contributed by atoms with Gasteiger partial charge in [0, 0.05) is 5.30 Å². The summed E-state index contributed by atoms with van der Waals surface area (Å²) in [6.45, 7) is 1.98. The summed E-state index contributed by atoms with van der Waals surface area (Å²) in [5, 5.41) is 1.03. The minimum Gasteiger partial charge on any atom is -0.457 e. The van der Waals surface area contributed by atoms with Gasteiger partial charge in [-0.2, -0.15) is 0 Å². The van der Waals surface area contributed by atoms with Crippen LogP contribution < -0.4 is 21.3 Å². The number of hydrogen-bond donors (Lipinski definition) is 2. The minimum absolute atomic E-state index is 0.802. The molecule has 0 heterocycles. The number of aryl methyl sites for hydroxylation is 1. The lowest BCUT2D eigenvalue weighted by atomic mass is 10.2. The number of nitrogens with two attached hydrogens (primary N) is 1. The molecule has 0 aliphatic heterocycles. The lowest BCUT2D eigenvalue weighted by Gasteiger charge is -2.10. The third-order valence-electron chi connectivity index (χ3n) is 2.50. The summed E-state index contributed by atoms with van der Waals surface area (Å²) in [4.78, 5) is 0. The summed E-state index contributed by atoms with van der Waals surface area (Å²) in [5.74, 6) is 7.02. The fraction of sp³-hybridized carbons (Fsp3) is 0.0769. The number of hydrogen-bond acceptors (Lipinski definition) is 3. The average Bonchev–Trinajstić information content (AvgIpc) is 2.32. The molecule has 0 aromatic heterocycles. The van der Waals surface area contributed by atoms with Crippen molar-refractivity contribution in [3.05, 3.63) is 48.0 Å². The second-order valence-corrected chi connectivity index (χ2v) is 4.38. The number of ether oxygens (including phenoxy) is 1. The van der Waals surface area contributed by atoms with Crippen LogP contribution in [-0.2, 0) is 0 Å². The Bertz CT molecular complexity index is 529. The normalized spacial score (nSPS) is 10.1. The zero-order valence-electron chi connectivity index (χ0n) is 9.60. The van der Waals surface area contributed by atoms with E-state index in [4.69, 9.17) is 10.6 Å². The van der Waals surface area contributed by atoms with Gasteiger partial charge in [0.1, 0.15) is 11.5 Å². The SMILES string of the molecule is Cc1cc(Oc2ccccc2P)ccc1NN. The largest absolute Gasteiger partial charge is 0.457 e. The number of rotatable bonds is 3. The van der Waals surface area contributed by atoms with Gasteiger partial charge in [0.15, 0.2) is 0 Å². The summed E-state index contributed by atoms with van der Waals surface area (Å²) in [6.07, 6.45) is 0. The maximum atomic E-state index is 5.80. The van der Waals surface area contributed by atoms with Crippen LogP contribution in [0.3, 0.4) is 0 Å². The molecule has 0 bridgehead atoms. The Kier molecular flexibility index (Phi) is 3.62. The molecule has 2 rings (SSSR count). The Morgan fingerprint density at radius 1 is 1.18 bits per heavy atom. The van der Waals surface area contributed by atoms with Crippen molar-refractivity contribution in [3.8, 4) is 11.5 Å². The molecule has 4 heteroatoms. The Morgan fingerprint density at radius 2 is 1.94 bits per heavy atom. The predicted molar refractivity (Wildman–Crippen MR) is 74.8 cm³/mol. The molecule has 1 atom stereocenters. The van der Waals surface area contributed by atoms with Crippen LogP contribution >= 0.6 is 9.24 Å². The fourth-order valence-corrected chi connectivity index (χ4v) is 1.83. The smallest absolute Gasteiger partial charge is 0.134 e. The zero-order valence-corrected chi connectivity index (χ0v) is 10.8. The first kappa shape index (κ1) is 11.9. The van der Waals surface area contributed by atoms with Crippen molar-refractivity contribution in [2.45, 2.75) is 6.92 Å². The maximum absolute atomic E-state index is 5.80. The van der Waals surface area contributed by atoms with Crippen molar-refractivity contribution < 1.29 is 4.74 Å². The van der Waals surface area contributed by atoms with Gasteiger partial charge in [0.2, 0.25) is 0 Å². The van der Waals surface area contributed by atoms with Crippen LogP contribution in [0.1, 0.15) is 5.56 Å². The summed E-state index contributed by atoms with van der Waals surface area (Å²) in [7, 11) is 2.66. The molecule has 0 aliphatic carbocycles. The standard InChI is InChI=1S/C13H15N2OP/c1-9-8-10(6-7-11(9)15-14)16-12-4-2-3-5-13(12)17/h2-8,15H,14,17H2,1H3. The van der Waals surface area contributed by atoms with Gasteiger partial charge >= 0.3 is 0 Å². The van der Waals surface area contributed by atoms with E-state index in [1.165, 1.54) is 0 Å². The van der Waals surface area contributed by atoms with E-state index in [0.717, 1.165) is 28.1 Å². The van der Waals surface area contributed by atoms with Gasteiger partial charge in [0.05, 0.1) is 5.69 Å².